The predicted molar refractivity (Wildman–Crippen MR) is 345 cm³/mol. The maximum absolute atomic E-state index is 13.1. The van der Waals surface area contributed by atoms with Gasteiger partial charge in [0.15, 0.2) is 40.0 Å². The van der Waals surface area contributed by atoms with Gasteiger partial charge in [-0.15, -0.1) is 0 Å². The fourth-order valence-corrected chi connectivity index (χ4v) is 26.8. The Bertz CT molecular complexity index is 4150. The van der Waals surface area contributed by atoms with Crippen molar-refractivity contribution in [3.05, 3.63) is 130 Å². The van der Waals surface area contributed by atoms with Crippen molar-refractivity contribution < 1.29 is 155 Å². The Morgan fingerprint density at radius 2 is 0.828 bits per heavy atom. The van der Waals surface area contributed by atoms with Gasteiger partial charge in [-0.25, -0.2) is 55.2 Å². The van der Waals surface area contributed by atoms with Crippen molar-refractivity contribution >= 4 is 124 Å². The Balaban J connectivity index is 0.00000408. The molecule has 0 saturated carbocycles. The molecule has 1 amide bonds. The Morgan fingerprint density at radius 1 is 0.473 bits per heavy atom. The number of quaternary nitrogens is 1. The molecule has 1 N–H and O–H groups in total. The third-order valence-corrected chi connectivity index (χ3v) is 30.7. The largest absolute Gasteiger partial charge is 1.00 e. The quantitative estimate of drug-likeness (QED) is 0.0189. The number of amides is 1. The molecule has 0 fully saturated rings. The number of amidine groups is 4. The van der Waals surface area contributed by atoms with E-state index in [0.29, 0.717) is 138 Å². The number of unbranched alkanes of at least 4 members (excludes halogenated alkanes) is 4. The molecule has 0 spiro atoms. The van der Waals surface area contributed by atoms with E-state index in [-0.39, 0.29) is 150 Å². The molecule has 480 valence electrons. The molecule has 24 nitrogen and oxygen atoms in total. The van der Waals surface area contributed by atoms with Crippen molar-refractivity contribution in [3.63, 3.8) is 0 Å². The summed E-state index contributed by atoms with van der Waals surface area (Å²) in [5.74, 6) is -0.723. The number of hydrogen-bond donors (Lipinski definition) is 1. The number of rotatable bonds is 32. The average Bonchev–Trinajstić information content (AvgIpc) is 1.55. The van der Waals surface area contributed by atoms with Crippen LogP contribution in [0.5, 0.6) is 0 Å². The van der Waals surface area contributed by atoms with Gasteiger partial charge in [-0.3, -0.25) is 13.3 Å². The van der Waals surface area contributed by atoms with Gasteiger partial charge in [0, 0.05) is 80.0 Å². The van der Waals surface area contributed by atoms with E-state index in [0.717, 1.165) is 22.3 Å². The first-order valence-corrected chi connectivity index (χ1v) is 43.1. The molecule has 6 heterocycles. The molecule has 4 aromatic carbocycles. The van der Waals surface area contributed by atoms with Crippen molar-refractivity contribution in [2.75, 3.05) is 50.0 Å². The number of hydrogen-bond acceptors (Lipinski definition) is 20. The summed E-state index contributed by atoms with van der Waals surface area (Å²) in [7, 11) is -25.1. The summed E-state index contributed by atoms with van der Waals surface area (Å²) in [6.07, 6.45) is 2.60. The number of benzene rings is 4. The van der Waals surface area contributed by atoms with Crippen molar-refractivity contribution in [1.29, 1.82) is 0 Å². The first kappa shape index (κ1) is 76.8. The number of aromatic nitrogens is 2. The zero-order valence-corrected chi connectivity index (χ0v) is 65.2. The van der Waals surface area contributed by atoms with Crippen LogP contribution in [0.2, 0.25) is 38.3 Å². The third kappa shape index (κ3) is 19.0. The third-order valence-electron chi connectivity index (χ3n) is 16.7. The minimum atomic E-state index is -4.78. The van der Waals surface area contributed by atoms with Crippen LogP contribution in [0.4, 0.5) is 11.6 Å². The van der Waals surface area contributed by atoms with Crippen LogP contribution < -0.4 is 110 Å². The number of fused-ring (bicyclic) bond motifs is 14. The minimum Gasteiger partial charge on any atom is -0.748 e. The summed E-state index contributed by atoms with van der Waals surface area (Å²) in [6.45, 7) is 10.1. The van der Waals surface area contributed by atoms with Crippen molar-refractivity contribution in [2.24, 2.45) is 30.0 Å². The van der Waals surface area contributed by atoms with Gasteiger partial charge in [0.25, 0.3) is 0 Å². The van der Waals surface area contributed by atoms with Gasteiger partial charge in [-0.2, -0.15) is 0 Å². The van der Waals surface area contributed by atoms with Gasteiger partial charge in [-0.1, -0.05) is 97.1 Å². The van der Waals surface area contributed by atoms with E-state index in [2.05, 4.69) is 31.5 Å². The van der Waals surface area contributed by atoms with Crippen LogP contribution in [-0.4, -0.2) is 163 Å². The molecule has 33 heteroatoms. The van der Waals surface area contributed by atoms with Crippen molar-refractivity contribution in [2.45, 2.75) is 115 Å². The molecule has 93 heavy (non-hydrogen) atoms. The van der Waals surface area contributed by atoms with E-state index >= 15 is 0 Å². The van der Waals surface area contributed by atoms with Crippen LogP contribution in [-0.2, 0) is 48.2 Å². The second kappa shape index (κ2) is 32.0. The van der Waals surface area contributed by atoms with Crippen molar-refractivity contribution in [3.8, 4) is 0 Å². The van der Waals surface area contributed by atoms with E-state index in [1.807, 2.05) is 106 Å². The number of aliphatic carboxylic acids is 1. The molecule has 6 bridgehead atoms. The summed E-state index contributed by atoms with van der Waals surface area (Å²) >= 11 is 0. The number of carboxylic acids is 1. The number of carboxylic acid groups (broad SMARTS) is 1. The summed E-state index contributed by atoms with van der Waals surface area (Å²) in [5, 5.41) is 16.9. The fraction of sp³-hybridized carbons (Fsp3) is 0.433. The van der Waals surface area contributed by atoms with Crippen LogP contribution in [0.15, 0.2) is 127 Å². The number of carbonyl (C=O) groups excluding carboxylic acids is 2. The van der Waals surface area contributed by atoms with Crippen LogP contribution in [0, 0.1) is 0 Å². The number of carbonyl (C=O) groups is 2. The van der Waals surface area contributed by atoms with Gasteiger partial charge >= 0.3 is 97.6 Å². The topological polar surface area (TPSA) is 343 Å². The second-order valence-electron chi connectivity index (χ2n) is 24.7. The standard InChI is InChI=1S/C60H76N10O14S3Si3.3Na/c1-88(2,41-21-33-61-51(71)31-13-14-32-52(72)73)83-90(84-89(3,4)42-22-37-70(34-15-18-38-85(74,75)76,35-16-19-39-86(77,78)79)36-17-20-40-87(80,81)82)68-57-47-27-9-10-28-48(47)59(68)66-55-45-25-7-8-26-46(45)56(63-55)67-60-50-30-12-11-29-49(50)58(69(60)90)65-54-44-24-6-5-23-43(44)53(62-54)64-57;;;/h5-12,23-30H,13-22,31-42H2,1-4H3,(H4-,61,71,72,73,74,75,76,77,78,79,80,81,82);;;/q;3*+1/p-3. The molecule has 4 aliphatic rings. The fourth-order valence-electron chi connectivity index (χ4n) is 12.5. The molecule has 4 aliphatic heterocycles. The molecular weight excluding hydrogens is 1330 g/mol. The summed E-state index contributed by atoms with van der Waals surface area (Å²) in [6, 6.07) is 32.2. The number of nitrogens with one attached hydrogen (secondary N) is 1. The van der Waals surface area contributed by atoms with Gasteiger partial charge in [0.2, 0.25) is 5.91 Å². The SMILES string of the molecule is C[Si](C)(CCCNC(=O)CCCCC(=O)[O-])O[Si]1(O[Si](C)(C)CCC[N+](CCCCS(=O)(=O)[O-])(CCCCS(=O)(=O)[O-])CCCCS(=O)(=O)[O-])n2c3c4ccccc4c2N=C2N=C(N=c4c5ccccc5c(n41)=NC1=NC(=N3)c3ccccc31)c1ccccc12.[Na+].[Na+].[Na+]. The van der Waals surface area contributed by atoms with E-state index in [1.54, 1.807) is 0 Å². The smallest absolute Gasteiger partial charge is 0.748 e. The van der Waals surface area contributed by atoms with Crippen molar-refractivity contribution in [1.82, 2.24) is 13.8 Å². The number of aliphatic imine (C=N–C) groups is 4. The Morgan fingerprint density at radius 3 is 1.23 bits per heavy atom. The van der Waals surface area contributed by atoms with Gasteiger partial charge in [-0.05, 0) is 109 Å². The monoisotopic (exact) mass is 1410 g/mol. The Kier molecular flexibility index (Phi) is 26.4. The summed E-state index contributed by atoms with van der Waals surface area (Å²) in [4.78, 5) is 57.1. The maximum atomic E-state index is 13.1. The van der Waals surface area contributed by atoms with Crippen LogP contribution in [0.25, 0.3) is 21.5 Å². The van der Waals surface area contributed by atoms with Crippen LogP contribution in [0.1, 0.15) is 99.3 Å². The zero-order chi connectivity index (χ0) is 64.3. The molecule has 0 saturated heterocycles. The molecule has 1 unspecified atom stereocenters. The summed E-state index contributed by atoms with van der Waals surface area (Å²) in [5.41, 5.74) is 3.87. The van der Waals surface area contributed by atoms with E-state index < -0.39 is 79.1 Å². The van der Waals surface area contributed by atoms with E-state index in [1.165, 1.54) is 0 Å². The molecule has 0 radical (unpaired) electrons. The summed E-state index contributed by atoms with van der Waals surface area (Å²) < 4.78 is 128. The molecule has 1 atom stereocenters. The molecule has 0 aliphatic carbocycles. The molecule has 2 aromatic heterocycles. The van der Waals surface area contributed by atoms with E-state index in [4.69, 9.17) is 38.2 Å². The normalized spacial score (nSPS) is 15.8. The molecular formula is C60H73N10Na3O14S3Si3. The van der Waals surface area contributed by atoms with E-state index in [9.17, 15) is 53.6 Å². The Hall–Kier alpha value is -3.56. The molecule has 6 aromatic rings. The average molecular weight is 1410 g/mol. The van der Waals surface area contributed by atoms with Gasteiger partial charge in [0.05, 0.1) is 56.5 Å². The second-order valence-corrected chi connectivity index (χ2v) is 40.9. The first-order chi connectivity index (χ1) is 42.6. The molecule has 10 rings (SSSR count). The Labute approximate surface area is 612 Å². The zero-order valence-electron chi connectivity index (χ0n) is 53.8. The maximum Gasteiger partial charge on any atom is 1.00 e. The van der Waals surface area contributed by atoms with Crippen LogP contribution >= 0.6 is 0 Å². The predicted octanol–water partition coefficient (Wildman–Crippen LogP) is -3.17. The van der Waals surface area contributed by atoms with Crippen LogP contribution in [0.3, 0.4) is 0 Å². The first-order valence-electron chi connectivity index (χ1n) is 30.4. The van der Waals surface area contributed by atoms with Gasteiger partial charge < -0.3 is 41.6 Å². The van der Waals surface area contributed by atoms with Gasteiger partial charge in [0.1, 0.15) is 22.6 Å². The minimum absolute atomic E-state index is 0. The number of nitrogens with zero attached hydrogens (tertiary/aromatic N) is 9.